The Hall–Kier alpha value is -2.97. The molecule has 1 heterocycles. The van der Waals surface area contributed by atoms with Crippen molar-refractivity contribution in [3.05, 3.63) is 97.3 Å². The van der Waals surface area contributed by atoms with E-state index in [1.807, 2.05) is 18.2 Å². The zero-order valence-electron chi connectivity index (χ0n) is 18.2. The van der Waals surface area contributed by atoms with E-state index in [9.17, 15) is 9.59 Å². The molecule has 1 fully saturated rings. The minimum Gasteiger partial charge on any atom is -0.493 e. The fourth-order valence-corrected chi connectivity index (χ4v) is 4.52. The molecule has 0 atom stereocenters. The lowest BCUT2D eigenvalue weighted by atomic mass is 10.1. The largest absolute Gasteiger partial charge is 0.493 e. The smallest absolute Gasteiger partial charge is 0.279 e. The molecule has 1 saturated heterocycles. The van der Waals surface area contributed by atoms with Gasteiger partial charge in [-0.25, -0.2) is 0 Å². The molecule has 0 aliphatic carbocycles. The molecule has 178 valence electrons. The Morgan fingerprint density at radius 2 is 1.80 bits per heavy atom. The van der Waals surface area contributed by atoms with Gasteiger partial charge in [0.15, 0.2) is 16.7 Å². The molecule has 0 radical (unpaired) electrons. The van der Waals surface area contributed by atoms with Crippen molar-refractivity contribution < 1.29 is 19.1 Å². The summed E-state index contributed by atoms with van der Waals surface area (Å²) >= 11 is 19.6. The summed E-state index contributed by atoms with van der Waals surface area (Å²) in [5.74, 6) is -0.121. The number of hydrogen-bond donors (Lipinski definition) is 1. The number of carbonyl (C=O) groups is 2. The third-order valence-corrected chi connectivity index (χ3v) is 6.64. The SMILES string of the molecule is COc1cc(/C=C2\SC(=NC(=O)c3ccc(Cl)cc3)NC2=O)cc(Cl)c1OCc1ccccc1Cl. The molecule has 4 rings (SSSR count). The van der Waals surface area contributed by atoms with Gasteiger partial charge in [-0.3, -0.25) is 9.59 Å². The summed E-state index contributed by atoms with van der Waals surface area (Å²) in [4.78, 5) is 29.1. The zero-order valence-corrected chi connectivity index (χ0v) is 21.3. The van der Waals surface area contributed by atoms with E-state index in [1.54, 1.807) is 48.5 Å². The molecule has 10 heteroatoms. The van der Waals surface area contributed by atoms with Gasteiger partial charge in [0.25, 0.3) is 11.8 Å². The lowest BCUT2D eigenvalue weighted by molar-refractivity contribution is -0.115. The Balaban J connectivity index is 1.52. The van der Waals surface area contributed by atoms with E-state index in [0.717, 1.165) is 17.3 Å². The van der Waals surface area contributed by atoms with Crippen molar-refractivity contribution in [2.45, 2.75) is 6.61 Å². The van der Waals surface area contributed by atoms with Gasteiger partial charge in [-0.2, -0.15) is 4.99 Å². The van der Waals surface area contributed by atoms with Crippen LogP contribution in [0.15, 0.2) is 70.6 Å². The number of halogens is 3. The molecule has 35 heavy (non-hydrogen) atoms. The van der Waals surface area contributed by atoms with Crippen LogP contribution in [0, 0.1) is 0 Å². The van der Waals surface area contributed by atoms with E-state index < -0.39 is 5.91 Å². The van der Waals surface area contributed by atoms with Crippen LogP contribution in [0.4, 0.5) is 0 Å². The first-order chi connectivity index (χ1) is 16.8. The Morgan fingerprint density at radius 1 is 1.06 bits per heavy atom. The summed E-state index contributed by atoms with van der Waals surface area (Å²) in [6.45, 7) is 0.204. The molecule has 3 aromatic carbocycles. The Bertz CT molecular complexity index is 1360. The molecule has 0 unspecified atom stereocenters. The van der Waals surface area contributed by atoms with Gasteiger partial charge in [0.05, 0.1) is 17.0 Å². The topological polar surface area (TPSA) is 77.0 Å². The van der Waals surface area contributed by atoms with Crippen molar-refractivity contribution in [2.24, 2.45) is 4.99 Å². The van der Waals surface area contributed by atoms with Gasteiger partial charge in [-0.1, -0.05) is 53.0 Å². The zero-order chi connectivity index (χ0) is 24.9. The summed E-state index contributed by atoms with van der Waals surface area (Å²) < 4.78 is 11.3. The van der Waals surface area contributed by atoms with Crippen molar-refractivity contribution in [2.75, 3.05) is 7.11 Å². The van der Waals surface area contributed by atoms with Crippen LogP contribution in [0.2, 0.25) is 15.1 Å². The summed E-state index contributed by atoms with van der Waals surface area (Å²) in [5, 5.41) is 4.17. The number of ether oxygens (including phenoxy) is 2. The number of amidine groups is 1. The maximum absolute atomic E-state index is 12.4. The van der Waals surface area contributed by atoms with Gasteiger partial charge < -0.3 is 14.8 Å². The highest BCUT2D eigenvalue weighted by Crippen LogP contribution is 2.38. The number of benzene rings is 3. The number of hydrogen-bond acceptors (Lipinski definition) is 5. The molecule has 1 aliphatic heterocycles. The molecule has 1 aliphatic rings. The van der Waals surface area contributed by atoms with Crippen molar-refractivity contribution in [3.63, 3.8) is 0 Å². The van der Waals surface area contributed by atoms with E-state index in [-0.39, 0.29) is 17.7 Å². The Labute approximate surface area is 220 Å². The molecule has 1 N–H and O–H groups in total. The van der Waals surface area contributed by atoms with Crippen LogP contribution < -0.4 is 14.8 Å². The molecular formula is C25H17Cl3N2O4S. The predicted octanol–water partition coefficient (Wildman–Crippen LogP) is 6.63. The lowest BCUT2D eigenvalue weighted by Gasteiger charge is -2.14. The summed E-state index contributed by atoms with van der Waals surface area (Å²) in [6, 6.07) is 17.0. The van der Waals surface area contributed by atoms with Crippen molar-refractivity contribution in [1.82, 2.24) is 5.32 Å². The molecule has 0 saturated carbocycles. The Kier molecular flexibility index (Phi) is 8.03. The van der Waals surface area contributed by atoms with Gasteiger partial charge in [-0.15, -0.1) is 0 Å². The number of rotatable bonds is 6. The first-order valence-electron chi connectivity index (χ1n) is 10.2. The number of aliphatic imine (C=N–C) groups is 1. The lowest BCUT2D eigenvalue weighted by Crippen LogP contribution is -2.20. The standard InChI is InChI=1S/C25H17Cl3N2O4S/c1-33-20-11-14(10-19(28)22(20)34-13-16-4-2-3-5-18(16)27)12-21-24(32)30-25(35-21)29-23(31)15-6-8-17(26)9-7-15/h2-12H,13H2,1H3,(H,29,30,31,32)/b21-12-. The molecule has 0 bridgehead atoms. The predicted molar refractivity (Wildman–Crippen MR) is 141 cm³/mol. The maximum atomic E-state index is 12.4. The molecular weight excluding hydrogens is 531 g/mol. The van der Waals surface area contributed by atoms with Crippen LogP contribution in [0.25, 0.3) is 6.08 Å². The molecule has 0 spiro atoms. The maximum Gasteiger partial charge on any atom is 0.279 e. The van der Waals surface area contributed by atoms with Crippen LogP contribution in [-0.2, 0) is 11.4 Å². The van der Waals surface area contributed by atoms with Crippen molar-refractivity contribution in [3.8, 4) is 11.5 Å². The highest BCUT2D eigenvalue weighted by Gasteiger charge is 2.25. The monoisotopic (exact) mass is 546 g/mol. The number of nitrogens with zero attached hydrogens (tertiary/aromatic N) is 1. The quantitative estimate of drug-likeness (QED) is 0.350. The number of carbonyl (C=O) groups excluding carboxylic acids is 2. The molecule has 0 aromatic heterocycles. The second-order valence-electron chi connectivity index (χ2n) is 7.21. The van der Waals surface area contributed by atoms with Crippen LogP contribution >= 0.6 is 46.6 Å². The summed E-state index contributed by atoms with van der Waals surface area (Å²) in [6.07, 6.45) is 1.63. The highest BCUT2D eigenvalue weighted by molar-refractivity contribution is 8.18. The fraction of sp³-hybridized carbons (Fsp3) is 0.0800. The van der Waals surface area contributed by atoms with E-state index in [1.165, 1.54) is 7.11 Å². The average Bonchev–Trinajstić information content (AvgIpc) is 3.17. The van der Waals surface area contributed by atoms with E-state index in [0.29, 0.717) is 42.6 Å². The number of nitrogens with one attached hydrogen (secondary N) is 1. The van der Waals surface area contributed by atoms with Gasteiger partial charge in [0.1, 0.15) is 6.61 Å². The number of amides is 2. The van der Waals surface area contributed by atoms with E-state index in [4.69, 9.17) is 44.3 Å². The normalized spacial score (nSPS) is 15.4. The van der Waals surface area contributed by atoms with Crippen LogP contribution in [0.5, 0.6) is 11.5 Å². The minimum absolute atomic E-state index is 0.180. The fourth-order valence-electron chi connectivity index (χ4n) is 3.11. The van der Waals surface area contributed by atoms with Crippen molar-refractivity contribution in [1.29, 1.82) is 0 Å². The van der Waals surface area contributed by atoms with Crippen LogP contribution in [-0.4, -0.2) is 24.1 Å². The Morgan fingerprint density at radius 3 is 2.51 bits per heavy atom. The van der Waals surface area contributed by atoms with Gasteiger partial charge in [-0.05, 0) is 65.9 Å². The van der Waals surface area contributed by atoms with Gasteiger partial charge >= 0.3 is 0 Å². The third kappa shape index (κ3) is 6.18. The average molecular weight is 548 g/mol. The number of thioether (sulfide) groups is 1. The summed E-state index contributed by atoms with van der Waals surface area (Å²) in [7, 11) is 1.50. The van der Waals surface area contributed by atoms with Gasteiger partial charge in [0.2, 0.25) is 0 Å². The second kappa shape index (κ2) is 11.2. The summed E-state index contributed by atoms with van der Waals surface area (Å²) in [5.41, 5.74) is 1.77. The first kappa shape index (κ1) is 25.1. The first-order valence-corrected chi connectivity index (χ1v) is 12.1. The minimum atomic E-state index is -0.490. The molecule has 3 aromatic rings. The van der Waals surface area contributed by atoms with E-state index >= 15 is 0 Å². The van der Waals surface area contributed by atoms with Crippen molar-refractivity contribution >= 4 is 69.6 Å². The highest BCUT2D eigenvalue weighted by atomic mass is 35.5. The second-order valence-corrected chi connectivity index (χ2v) is 9.49. The van der Waals surface area contributed by atoms with Crippen LogP contribution in [0.1, 0.15) is 21.5 Å². The third-order valence-electron chi connectivity index (χ3n) is 4.82. The molecule has 6 nitrogen and oxygen atoms in total. The van der Waals surface area contributed by atoms with Crippen LogP contribution in [0.3, 0.4) is 0 Å². The molecule has 2 amide bonds. The van der Waals surface area contributed by atoms with Gasteiger partial charge in [0, 0.05) is 21.2 Å². The van der Waals surface area contributed by atoms with E-state index in [2.05, 4.69) is 10.3 Å². The number of methoxy groups -OCH3 is 1.